The number of carbonyl (C=O) groups excluding carboxylic acids is 1. The lowest BCUT2D eigenvalue weighted by atomic mass is 10.2. The summed E-state index contributed by atoms with van der Waals surface area (Å²) in [7, 11) is 0. The van der Waals surface area contributed by atoms with E-state index in [1.807, 2.05) is 18.2 Å². The van der Waals surface area contributed by atoms with Gasteiger partial charge in [0, 0.05) is 12.6 Å². The number of hydrogen-bond donors (Lipinski definition) is 1. The second-order valence-electron chi connectivity index (χ2n) is 5.59. The van der Waals surface area contributed by atoms with Crippen LogP contribution in [0.4, 0.5) is 0 Å². The van der Waals surface area contributed by atoms with Crippen LogP contribution < -0.4 is 14.8 Å². The Morgan fingerprint density at radius 1 is 1.21 bits per heavy atom. The van der Waals surface area contributed by atoms with Crippen molar-refractivity contribution in [2.75, 3.05) is 19.8 Å². The van der Waals surface area contributed by atoms with Gasteiger partial charge in [-0.15, -0.1) is 5.10 Å². The molecular formula is C15H17N5O3S. The Bertz CT molecular complexity index is 750. The quantitative estimate of drug-likeness (QED) is 0.892. The number of nitrogens with one attached hydrogen (secondary N) is 1. The van der Waals surface area contributed by atoms with Gasteiger partial charge in [-0.2, -0.15) is 4.68 Å². The van der Waals surface area contributed by atoms with Crippen molar-refractivity contribution < 1.29 is 14.3 Å². The topological polar surface area (TPSA) is 91.2 Å². The highest BCUT2D eigenvalue weighted by Gasteiger charge is 2.25. The third-order valence-corrected chi connectivity index (χ3v) is 5.14. The molecule has 0 aliphatic carbocycles. The molecule has 3 heterocycles. The van der Waals surface area contributed by atoms with Crippen molar-refractivity contribution in [1.29, 1.82) is 0 Å². The van der Waals surface area contributed by atoms with E-state index in [1.165, 1.54) is 11.8 Å². The molecule has 1 aromatic carbocycles. The van der Waals surface area contributed by atoms with Crippen molar-refractivity contribution >= 4 is 17.7 Å². The average molecular weight is 347 g/mol. The zero-order valence-electron chi connectivity index (χ0n) is 13.0. The zero-order valence-corrected chi connectivity index (χ0v) is 13.8. The van der Waals surface area contributed by atoms with E-state index in [1.54, 1.807) is 4.68 Å². The maximum absolute atomic E-state index is 12.1. The first-order valence-electron chi connectivity index (χ1n) is 7.94. The minimum Gasteiger partial charge on any atom is -0.486 e. The fourth-order valence-corrected chi connectivity index (χ4v) is 3.78. The number of rotatable bonds is 3. The number of thioether (sulfide) groups is 1. The Hall–Kier alpha value is -2.29. The van der Waals surface area contributed by atoms with E-state index < -0.39 is 0 Å². The van der Waals surface area contributed by atoms with Gasteiger partial charge < -0.3 is 14.8 Å². The second-order valence-corrected chi connectivity index (χ2v) is 6.76. The van der Waals surface area contributed by atoms with Gasteiger partial charge >= 0.3 is 0 Å². The van der Waals surface area contributed by atoms with E-state index in [-0.39, 0.29) is 11.2 Å². The van der Waals surface area contributed by atoms with Gasteiger partial charge in [-0.1, -0.05) is 18.2 Å². The molecule has 1 N–H and O–H groups in total. The summed E-state index contributed by atoms with van der Waals surface area (Å²) in [5, 5.41) is 15.2. The van der Waals surface area contributed by atoms with Crippen LogP contribution in [0.5, 0.6) is 11.5 Å². The van der Waals surface area contributed by atoms with Crippen LogP contribution in [0.1, 0.15) is 19.3 Å². The van der Waals surface area contributed by atoms with Gasteiger partial charge in [0.25, 0.3) is 0 Å². The number of nitrogens with zero attached hydrogens (tertiary/aromatic N) is 4. The molecule has 0 spiro atoms. The summed E-state index contributed by atoms with van der Waals surface area (Å²) in [5.41, 5.74) is 0.779. The Kier molecular flexibility index (Phi) is 4.24. The third kappa shape index (κ3) is 3.03. The molecule has 2 aliphatic heterocycles. The summed E-state index contributed by atoms with van der Waals surface area (Å²) in [6.07, 6.45) is 2.85. The second kappa shape index (κ2) is 6.68. The van der Waals surface area contributed by atoms with Crippen molar-refractivity contribution in [3.8, 4) is 17.2 Å². The van der Waals surface area contributed by atoms with Crippen LogP contribution in [0.2, 0.25) is 0 Å². The first kappa shape index (κ1) is 15.3. The van der Waals surface area contributed by atoms with E-state index in [4.69, 9.17) is 9.47 Å². The Morgan fingerprint density at radius 3 is 3.00 bits per heavy atom. The predicted octanol–water partition coefficient (Wildman–Crippen LogP) is 1.19. The molecule has 4 rings (SSSR count). The van der Waals surface area contributed by atoms with E-state index in [0.717, 1.165) is 37.2 Å². The SMILES string of the molecule is O=C1NCCCCC1Sc1nnnn1-c1ccc2c(c1)OCCO2. The molecule has 126 valence electrons. The minimum absolute atomic E-state index is 0.0502. The summed E-state index contributed by atoms with van der Waals surface area (Å²) < 4.78 is 12.8. The molecule has 1 unspecified atom stereocenters. The third-order valence-electron chi connectivity index (χ3n) is 3.94. The van der Waals surface area contributed by atoms with Crippen LogP contribution in [-0.2, 0) is 4.79 Å². The van der Waals surface area contributed by atoms with Crippen molar-refractivity contribution in [3.05, 3.63) is 18.2 Å². The number of aromatic nitrogens is 4. The summed E-state index contributed by atoms with van der Waals surface area (Å²) in [5.74, 6) is 1.45. The summed E-state index contributed by atoms with van der Waals surface area (Å²) in [6, 6.07) is 5.57. The molecule has 24 heavy (non-hydrogen) atoms. The fraction of sp³-hybridized carbons (Fsp3) is 0.467. The van der Waals surface area contributed by atoms with Gasteiger partial charge in [0.2, 0.25) is 11.1 Å². The number of tetrazole rings is 1. The maximum atomic E-state index is 12.1. The van der Waals surface area contributed by atoms with Crippen LogP contribution in [0.25, 0.3) is 5.69 Å². The molecule has 1 atom stereocenters. The lowest BCUT2D eigenvalue weighted by Gasteiger charge is -2.19. The first-order chi connectivity index (χ1) is 11.8. The van der Waals surface area contributed by atoms with Crippen LogP contribution in [0.15, 0.2) is 23.4 Å². The Morgan fingerprint density at radius 2 is 2.08 bits per heavy atom. The number of benzene rings is 1. The molecule has 2 aliphatic rings. The molecule has 1 aromatic heterocycles. The van der Waals surface area contributed by atoms with Crippen molar-refractivity contribution in [1.82, 2.24) is 25.5 Å². The average Bonchev–Trinajstić information content (AvgIpc) is 2.98. The Balaban J connectivity index is 1.59. The van der Waals surface area contributed by atoms with E-state index >= 15 is 0 Å². The molecule has 1 fully saturated rings. The highest BCUT2D eigenvalue weighted by atomic mass is 32.2. The number of hydrogen-bond acceptors (Lipinski definition) is 7. The van der Waals surface area contributed by atoms with Gasteiger partial charge in [0.05, 0.1) is 10.9 Å². The van der Waals surface area contributed by atoms with Gasteiger partial charge in [-0.05, 0) is 35.4 Å². The van der Waals surface area contributed by atoms with E-state index in [0.29, 0.717) is 24.1 Å². The molecule has 0 radical (unpaired) electrons. The monoisotopic (exact) mass is 347 g/mol. The standard InChI is InChI=1S/C15H17N5O3S/c21-14-13(3-1-2-6-16-14)24-15-17-18-19-20(15)10-4-5-11-12(9-10)23-8-7-22-11/h4-5,9,13H,1-3,6-8H2,(H,16,21). The largest absolute Gasteiger partial charge is 0.486 e. The molecular weight excluding hydrogens is 330 g/mol. The lowest BCUT2D eigenvalue weighted by molar-refractivity contribution is -0.120. The van der Waals surface area contributed by atoms with Gasteiger partial charge in [-0.25, -0.2) is 0 Å². The highest BCUT2D eigenvalue weighted by Crippen LogP contribution is 2.33. The van der Waals surface area contributed by atoms with Gasteiger partial charge in [0.15, 0.2) is 11.5 Å². The van der Waals surface area contributed by atoms with Gasteiger partial charge in [0.1, 0.15) is 13.2 Å². The highest BCUT2D eigenvalue weighted by molar-refractivity contribution is 8.00. The smallest absolute Gasteiger partial charge is 0.233 e. The molecule has 8 nitrogen and oxygen atoms in total. The van der Waals surface area contributed by atoms with Crippen LogP contribution >= 0.6 is 11.8 Å². The van der Waals surface area contributed by atoms with Crippen LogP contribution in [-0.4, -0.2) is 51.1 Å². The van der Waals surface area contributed by atoms with Crippen LogP contribution in [0, 0.1) is 0 Å². The summed E-state index contributed by atoms with van der Waals surface area (Å²) >= 11 is 1.39. The van der Waals surface area contributed by atoms with E-state index in [2.05, 4.69) is 20.8 Å². The number of amides is 1. The Labute approximate surface area is 142 Å². The zero-order chi connectivity index (χ0) is 16.4. The van der Waals surface area contributed by atoms with Crippen molar-refractivity contribution in [2.24, 2.45) is 0 Å². The molecule has 9 heteroatoms. The first-order valence-corrected chi connectivity index (χ1v) is 8.82. The molecule has 1 saturated heterocycles. The number of ether oxygens (including phenoxy) is 2. The number of carbonyl (C=O) groups is 1. The molecule has 0 bridgehead atoms. The van der Waals surface area contributed by atoms with Crippen LogP contribution in [0.3, 0.4) is 0 Å². The van der Waals surface area contributed by atoms with Crippen molar-refractivity contribution in [3.63, 3.8) is 0 Å². The molecule has 1 amide bonds. The van der Waals surface area contributed by atoms with E-state index in [9.17, 15) is 4.79 Å². The number of fused-ring (bicyclic) bond motifs is 1. The molecule has 2 aromatic rings. The normalized spacial score (nSPS) is 20.3. The minimum atomic E-state index is -0.172. The molecule has 0 saturated carbocycles. The maximum Gasteiger partial charge on any atom is 0.233 e. The van der Waals surface area contributed by atoms with Crippen molar-refractivity contribution in [2.45, 2.75) is 29.7 Å². The lowest BCUT2D eigenvalue weighted by Crippen LogP contribution is -2.30. The predicted molar refractivity (Wildman–Crippen MR) is 86.6 cm³/mol. The summed E-state index contributed by atoms with van der Waals surface area (Å²) in [4.78, 5) is 12.1. The van der Waals surface area contributed by atoms with Gasteiger partial charge in [-0.3, -0.25) is 4.79 Å². The summed E-state index contributed by atoms with van der Waals surface area (Å²) in [6.45, 7) is 1.81. The fourth-order valence-electron chi connectivity index (χ4n) is 2.73.